The molecule has 0 aliphatic rings. The number of hydrogen-bond donors (Lipinski definition) is 2. The first-order chi connectivity index (χ1) is 8.54. The third-order valence-corrected chi connectivity index (χ3v) is 2.34. The summed E-state index contributed by atoms with van der Waals surface area (Å²) in [6, 6.07) is 1.58. The highest BCUT2D eigenvalue weighted by Gasteiger charge is 2.12. The molecule has 1 aromatic rings. The normalized spacial score (nSPS) is 10.4. The first-order valence-electron chi connectivity index (χ1n) is 5.18. The fourth-order valence-corrected chi connectivity index (χ4v) is 1.46. The van der Waals surface area contributed by atoms with E-state index in [0.717, 1.165) is 6.07 Å². The quantitative estimate of drug-likeness (QED) is 0.780. The van der Waals surface area contributed by atoms with Gasteiger partial charge in [0, 0.05) is 19.7 Å². The van der Waals surface area contributed by atoms with Crippen LogP contribution >= 0.6 is 11.6 Å². The number of carbonyl (C=O) groups is 1. The van der Waals surface area contributed by atoms with Crippen LogP contribution in [0.2, 0.25) is 5.02 Å². The molecule has 0 spiro atoms. The van der Waals surface area contributed by atoms with Crippen molar-refractivity contribution in [2.45, 2.75) is 0 Å². The zero-order chi connectivity index (χ0) is 13.5. The predicted molar refractivity (Wildman–Crippen MR) is 64.7 cm³/mol. The lowest BCUT2D eigenvalue weighted by molar-refractivity contribution is -0.115. The molecule has 0 bridgehead atoms. The molecule has 100 valence electrons. The molecule has 1 rings (SSSR count). The van der Waals surface area contributed by atoms with E-state index in [1.165, 1.54) is 7.11 Å². The molecule has 0 unspecified atom stereocenters. The zero-order valence-electron chi connectivity index (χ0n) is 9.73. The highest BCUT2D eigenvalue weighted by Crippen LogP contribution is 2.26. The monoisotopic (exact) mass is 278 g/mol. The maximum atomic E-state index is 13.3. The summed E-state index contributed by atoms with van der Waals surface area (Å²) < 4.78 is 30.9. The molecular formula is C11H13ClF2N2O2. The molecule has 0 aliphatic carbocycles. The molecule has 0 heterocycles. The van der Waals surface area contributed by atoms with Crippen LogP contribution in [0.3, 0.4) is 0 Å². The van der Waals surface area contributed by atoms with Gasteiger partial charge in [-0.25, -0.2) is 8.78 Å². The first kappa shape index (κ1) is 14.8. The molecule has 4 nitrogen and oxygen atoms in total. The lowest BCUT2D eigenvalue weighted by Gasteiger charge is -2.09. The number of benzene rings is 1. The SMILES string of the molecule is COCCNCC(=O)Nc1c(F)cc(F)cc1Cl. The second-order valence-corrected chi connectivity index (χ2v) is 3.87. The Morgan fingerprint density at radius 2 is 2.17 bits per heavy atom. The summed E-state index contributed by atoms with van der Waals surface area (Å²) in [5, 5.41) is 4.86. The van der Waals surface area contributed by atoms with E-state index in [1.54, 1.807) is 0 Å². The number of rotatable bonds is 6. The average Bonchev–Trinajstić information content (AvgIpc) is 2.29. The Morgan fingerprint density at radius 1 is 1.44 bits per heavy atom. The average molecular weight is 279 g/mol. The highest BCUT2D eigenvalue weighted by molar-refractivity contribution is 6.33. The molecule has 0 atom stereocenters. The van der Waals surface area contributed by atoms with Crippen molar-refractivity contribution in [2.75, 3.05) is 32.1 Å². The molecule has 0 saturated carbocycles. The van der Waals surface area contributed by atoms with Gasteiger partial charge in [-0.3, -0.25) is 4.79 Å². The van der Waals surface area contributed by atoms with Crippen LogP contribution in [0.25, 0.3) is 0 Å². The molecule has 0 saturated heterocycles. The molecule has 2 N–H and O–H groups in total. The Labute approximate surface area is 108 Å². The van der Waals surface area contributed by atoms with Gasteiger partial charge in [-0.05, 0) is 6.07 Å². The lowest BCUT2D eigenvalue weighted by Crippen LogP contribution is -2.30. The standard InChI is InChI=1S/C11H13ClF2N2O2/c1-18-3-2-15-6-10(17)16-11-8(12)4-7(13)5-9(11)14/h4-5,15H,2-3,6H2,1H3,(H,16,17). The molecule has 0 fully saturated rings. The van der Waals surface area contributed by atoms with E-state index in [2.05, 4.69) is 10.6 Å². The van der Waals surface area contributed by atoms with Crippen molar-refractivity contribution >= 4 is 23.2 Å². The van der Waals surface area contributed by atoms with E-state index >= 15 is 0 Å². The van der Waals surface area contributed by atoms with Crippen molar-refractivity contribution in [1.29, 1.82) is 0 Å². The van der Waals surface area contributed by atoms with Crippen molar-refractivity contribution < 1.29 is 18.3 Å². The minimum absolute atomic E-state index is 0.0174. The maximum absolute atomic E-state index is 13.3. The minimum atomic E-state index is -0.912. The lowest BCUT2D eigenvalue weighted by atomic mass is 10.3. The van der Waals surface area contributed by atoms with Gasteiger partial charge in [0.05, 0.1) is 23.9 Å². The van der Waals surface area contributed by atoms with Gasteiger partial charge in [0.1, 0.15) is 5.82 Å². The summed E-state index contributed by atoms with van der Waals surface area (Å²) in [6.07, 6.45) is 0. The zero-order valence-corrected chi connectivity index (χ0v) is 10.5. The maximum Gasteiger partial charge on any atom is 0.238 e. The number of ether oxygens (including phenoxy) is 1. The van der Waals surface area contributed by atoms with Crippen LogP contribution < -0.4 is 10.6 Å². The molecule has 7 heteroatoms. The van der Waals surface area contributed by atoms with Crippen LogP contribution in [0.15, 0.2) is 12.1 Å². The summed E-state index contributed by atoms with van der Waals surface area (Å²) >= 11 is 5.63. The van der Waals surface area contributed by atoms with Crippen molar-refractivity contribution in [3.8, 4) is 0 Å². The fraction of sp³-hybridized carbons (Fsp3) is 0.364. The Morgan fingerprint density at radius 3 is 2.78 bits per heavy atom. The number of amides is 1. The Hall–Kier alpha value is -1.24. The van der Waals surface area contributed by atoms with E-state index in [0.29, 0.717) is 19.2 Å². The van der Waals surface area contributed by atoms with Crippen LogP contribution in [-0.2, 0) is 9.53 Å². The summed E-state index contributed by atoms with van der Waals surface area (Å²) in [5.41, 5.74) is -0.225. The van der Waals surface area contributed by atoms with Gasteiger partial charge in [-0.1, -0.05) is 11.6 Å². The minimum Gasteiger partial charge on any atom is -0.383 e. The molecule has 0 aliphatic heterocycles. The third kappa shape index (κ3) is 4.56. The second kappa shape index (κ2) is 7.25. The van der Waals surface area contributed by atoms with Gasteiger partial charge < -0.3 is 15.4 Å². The van der Waals surface area contributed by atoms with Gasteiger partial charge in [-0.15, -0.1) is 0 Å². The van der Waals surface area contributed by atoms with Crippen LogP contribution in [0.1, 0.15) is 0 Å². The van der Waals surface area contributed by atoms with Gasteiger partial charge in [0.25, 0.3) is 0 Å². The van der Waals surface area contributed by atoms with E-state index in [1.807, 2.05) is 0 Å². The molecule has 18 heavy (non-hydrogen) atoms. The van der Waals surface area contributed by atoms with Crippen LogP contribution in [0, 0.1) is 11.6 Å². The predicted octanol–water partition coefficient (Wildman–Crippen LogP) is 1.79. The van der Waals surface area contributed by atoms with E-state index in [4.69, 9.17) is 16.3 Å². The third-order valence-electron chi connectivity index (χ3n) is 2.04. The molecule has 1 aromatic carbocycles. The topological polar surface area (TPSA) is 50.4 Å². The Balaban J connectivity index is 2.54. The molecular weight excluding hydrogens is 266 g/mol. The molecule has 0 radical (unpaired) electrons. The van der Waals surface area contributed by atoms with Gasteiger partial charge in [0.2, 0.25) is 5.91 Å². The number of hydrogen-bond acceptors (Lipinski definition) is 3. The van der Waals surface area contributed by atoms with Crippen LogP contribution in [0.4, 0.5) is 14.5 Å². The van der Waals surface area contributed by atoms with Crippen molar-refractivity contribution in [3.63, 3.8) is 0 Å². The number of anilines is 1. The first-order valence-corrected chi connectivity index (χ1v) is 5.56. The van der Waals surface area contributed by atoms with Crippen molar-refractivity contribution in [3.05, 3.63) is 28.8 Å². The van der Waals surface area contributed by atoms with Crippen LogP contribution in [0.5, 0.6) is 0 Å². The smallest absolute Gasteiger partial charge is 0.238 e. The summed E-state index contributed by atoms with van der Waals surface area (Å²) in [7, 11) is 1.54. The van der Waals surface area contributed by atoms with Crippen LogP contribution in [-0.4, -0.2) is 32.7 Å². The molecule has 1 amide bonds. The number of nitrogens with one attached hydrogen (secondary N) is 2. The largest absolute Gasteiger partial charge is 0.383 e. The Bertz CT molecular complexity index is 406. The number of methoxy groups -OCH3 is 1. The highest BCUT2D eigenvalue weighted by atomic mass is 35.5. The van der Waals surface area contributed by atoms with Gasteiger partial charge >= 0.3 is 0 Å². The van der Waals surface area contributed by atoms with E-state index in [-0.39, 0.29) is 17.3 Å². The number of halogens is 3. The van der Waals surface area contributed by atoms with E-state index < -0.39 is 17.5 Å². The number of carbonyl (C=O) groups excluding carboxylic acids is 1. The summed E-state index contributed by atoms with van der Waals surface area (Å²) in [4.78, 5) is 11.4. The molecule has 0 aromatic heterocycles. The summed E-state index contributed by atoms with van der Waals surface area (Å²) in [5.74, 6) is -2.18. The second-order valence-electron chi connectivity index (χ2n) is 3.46. The Kier molecular flexibility index (Phi) is 5.97. The van der Waals surface area contributed by atoms with Crippen molar-refractivity contribution in [1.82, 2.24) is 5.32 Å². The van der Waals surface area contributed by atoms with Gasteiger partial charge in [-0.2, -0.15) is 0 Å². The van der Waals surface area contributed by atoms with E-state index in [9.17, 15) is 13.6 Å². The van der Waals surface area contributed by atoms with Crippen molar-refractivity contribution in [2.24, 2.45) is 0 Å². The van der Waals surface area contributed by atoms with Gasteiger partial charge in [0.15, 0.2) is 5.82 Å². The summed E-state index contributed by atoms with van der Waals surface area (Å²) in [6.45, 7) is 0.930. The fourth-order valence-electron chi connectivity index (χ4n) is 1.22.